The highest BCUT2D eigenvalue weighted by Gasteiger charge is 2.32. The SMILES string of the molecule is ClP1(Cl)=NP(Cl)(Cl)=NP(Cl)(Nc2ccc3ccccc3c2)=N1. The third-order valence-corrected chi connectivity index (χ3v) is 14.9. The average Bonchev–Trinajstić information content (AvgIpc) is 2.33. The van der Waals surface area contributed by atoms with Crippen LogP contribution in [0, 0.1) is 0 Å². The topological polar surface area (TPSA) is 49.1 Å². The molecule has 0 radical (unpaired) electrons. The lowest BCUT2D eigenvalue weighted by Crippen LogP contribution is -1.90. The van der Waals surface area contributed by atoms with Crippen molar-refractivity contribution >= 4 is 91.2 Å². The highest BCUT2D eigenvalue weighted by molar-refractivity contribution is 8.22. The van der Waals surface area contributed by atoms with Crippen molar-refractivity contribution in [2.45, 2.75) is 0 Å². The highest BCUT2D eigenvalue weighted by Crippen LogP contribution is 2.86. The van der Waals surface area contributed by atoms with Crippen molar-refractivity contribution < 1.29 is 0 Å². The summed E-state index contributed by atoms with van der Waals surface area (Å²) in [6.45, 7) is -2.96. The number of hydrogen-bond acceptors (Lipinski definition) is 4. The molecule has 2 aromatic rings. The summed E-state index contributed by atoms with van der Waals surface area (Å²) in [6.07, 6.45) is 0. The maximum atomic E-state index is 6.45. The van der Waals surface area contributed by atoms with Crippen LogP contribution in [-0.2, 0) is 0 Å². The summed E-state index contributed by atoms with van der Waals surface area (Å²) in [5.41, 5.74) is 0.734. The minimum atomic E-state index is -3.02. The Hall–Kier alpha value is 0.640. The number of anilines is 1. The fraction of sp³-hybridized carbons (Fsp3) is 0. The third kappa shape index (κ3) is 4.18. The average molecular weight is 454 g/mol. The molecule has 118 valence electrons. The zero-order valence-corrected chi connectivity index (χ0v) is 17.1. The molecule has 2 aromatic carbocycles. The first-order valence-electron chi connectivity index (χ1n) is 5.83. The summed E-state index contributed by atoms with van der Waals surface area (Å²) in [7, 11) is 0. The van der Waals surface area contributed by atoms with E-state index >= 15 is 0 Å². The van der Waals surface area contributed by atoms with Crippen LogP contribution in [0.3, 0.4) is 0 Å². The normalized spacial score (nSPS) is 25.7. The number of nitrogens with zero attached hydrogens (tertiary/aromatic N) is 3. The predicted octanol–water partition coefficient (Wildman–Crippen LogP) is 9.30. The zero-order valence-electron chi connectivity index (χ0n) is 10.6. The molecule has 1 atom stereocenters. The Labute approximate surface area is 151 Å². The van der Waals surface area contributed by atoms with Crippen molar-refractivity contribution in [1.29, 1.82) is 0 Å². The molecule has 0 aromatic heterocycles. The van der Waals surface area contributed by atoms with E-state index in [0.717, 1.165) is 16.5 Å². The van der Waals surface area contributed by atoms with E-state index in [-0.39, 0.29) is 0 Å². The lowest BCUT2D eigenvalue weighted by molar-refractivity contribution is 1.67. The Morgan fingerprint density at radius 3 is 2.05 bits per heavy atom. The molecule has 4 nitrogen and oxygen atoms in total. The van der Waals surface area contributed by atoms with Crippen LogP contribution >= 0.6 is 74.7 Å². The van der Waals surface area contributed by atoms with Gasteiger partial charge in [0.15, 0.2) is 0 Å². The third-order valence-electron chi connectivity index (χ3n) is 2.69. The summed E-state index contributed by atoms with van der Waals surface area (Å²) >= 11 is 30.6. The van der Waals surface area contributed by atoms with Crippen molar-refractivity contribution in [3.05, 3.63) is 42.5 Å². The van der Waals surface area contributed by atoms with Gasteiger partial charge >= 0.3 is 0 Å². The summed E-state index contributed by atoms with van der Waals surface area (Å²) < 4.78 is 12.2. The number of halogens is 5. The smallest absolute Gasteiger partial charge is 0.261 e. The van der Waals surface area contributed by atoms with E-state index in [1.807, 2.05) is 42.5 Å². The maximum absolute atomic E-state index is 6.45. The van der Waals surface area contributed by atoms with Crippen LogP contribution in [0.4, 0.5) is 5.69 Å². The summed E-state index contributed by atoms with van der Waals surface area (Å²) in [5.74, 6) is -6.05. The number of hydrogen-bond donors (Lipinski definition) is 1. The van der Waals surface area contributed by atoms with E-state index in [4.69, 9.17) is 56.2 Å². The van der Waals surface area contributed by atoms with Crippen LogP contribution in [0.5, 0.6) is 0 Å². The first-order chi connectivity index (χ1) is 10.2. The maximum Gasteiger partial charge on any atom is 0.261 e. The molecule has 0 spiro atoms. The molecule has 0 bridgehead atoms. The van der Waals surface area contributed by atoms with Crippen LogP contribution < -0.4 is 5.09 Å². The Morgan fingerprint density at radius 1 is 0.727 bits per heavy atom. The van der Waals surface area contributed by atoms with Crippen LogP contribution in [0.1, 0.15) is 0 Å². The molecular formula is C10H8Cl5N4P3. The molecule has 1 aliphatic heterocycles. The Kier molecular flexibility index (Phi) is 4.90. The molecule has 0 amide bonds. The van der Waals surface area contributed by atoms with Gasteiger partial charge in [-0.1, -0.05) is 30.3 Å². The summed E-state index contributed by atoms with van der Waals surface area (Å²) in [6, 6.07) is 13.7. The second-order valence-electron chi connectivity index (χ2n) is 4.38. The molecule has 12 heteroatoms. The van der Waals surface area contributed by atoms with Gasteiger partial charge in [0.2, 0.25) is 0 Å². The highest BCUT2D eigenvalue weighted by atomic mass is 35.9. The zero-order chi connectivity index (χ0) is 16.0. The molecule has 22 heavy (non-hydrogen) atoms. The Bertz CT molecular complexity index is 908. The molecule has 1 heterocycles. The minimum Gasteiger partial charge on any atom is -0.323 e. The van der Waals surface area contributed by atoms with E-state index in [2.05, 4.69) is 18.6 Å². The molecule has 0 saturated heterocycles. The molecule has 0 saturated carbocycles. The monoisotopic (exact) mass is 452 g/mol. The van der Waals surface area contributed by atoms with Gasteiger partial charge in [0.1, 0.15) is 0 Å². The molecule has 0 fully saturated rings. The Morgan fingerprint density at radius 2 is 1.36 bits per heavy atom. The van der Waals surface area contributed by atoms with Crippen molar-refractivity contribution in [1.82, 2.24) is 0 Å². The van der Waals surface area contributed by atoms with Crippen molar-refractivity contribution in [2.24, 2.45) is 13.5 Å². The van der Waals surface area contributed by atoms with Crippen LogP contribution in [-0.4, -0.2) is 0 Å². The lowest BCUT2D eigenvalue weighted by atomic mass is 10.1. The van der Waals surface area contributed by atoms with Crippen LogP contribution in [0.2, 0.25) is 0 Å². The number of nitrogens with one attached hydrogen (secondary N) is 1. The van der Waals surface area contributed by atoms with Gasteiger partial charge < -0.3 is 5.09 Å². The lowest BCUT2D eigenvalue weighted by Gasteiger charge is -2.23. The first-order valence-corrected chi connectivity index (χ1v) is 15.4. The summed E-state index contributed by atoms with van der Waals surface area (Å²) in [5, 5.41) is 5.22. The van der Waals surface area contributed by atoms with E-state index in [1.165, 1.54) is 0 Å². The van der Waals surface area contributed by atoms with Gasteiger partial charge in [0, 0.05) is 5.69 Å². The van der Waals surface area contributed by atoms with Crippen LogP contribution in [0.25, 0.3) is 10.8 Å². The molecule has 1 N–H and O–H groups in total. The molecule has 3 rings (SSSR count). The predicted molar refractivity (Wildman–Crippen MR) is 105 cm³/mol. The first kappa shape index (κ1) is 17.5. The van der Waals surface area contributed by atoms with Crippen molar-refractivity contribution in [3.63, 3.8) is 0 Å². The molecule has 1 unspecified atom stereocenters. The molecule has 0 aliphatic carbocycles. The van der Waals surface area contributed by atoms with Crippen molar-refractivity contribution in [2.75, 3.05) is 5.09 Å². The standard InChI is InChI=1S/C10H8Cl5N4P3/c11-20(12)17-21(13,14)19-22(15,18-20)16-10-6-5-8-3-1-2-4-9(8)7-10/h1-7,16H. The van der Waals surface area contributed by atoms with Gasteiger partial charge in [-0.15, -0.1) is 0 Å². The number of benzene rings is 2. The Balaban J connectivity index is 2.06. The van der Waals surface area contributed by atoms with Gasteiger partial charge in [-0.3, -0.25) is 0 Å². The van der Waals surface area contributed by atoms with Crippen molar-refractivity contribution in [3.8, 4) is 0 Å². The second kappa shape index (κ2) is 6.17. The van der Waals surface area contributed by atoms with Crippen LogP contribution in [0.15, 0.2) is 56.0 Å². The van der Waals surface area contributed by atoms with E-state index < -0.39 is 18.5 Å². The quantitative estimate of drug-likeness (QED) is 0.452. The van der Waals surface area contributed by atoms with Gasteiger partial charge in [-0.25, -0.2) is 0 Å². The van der Waals surface area contributed by atoms with Gasteiger partial charge in [0.05, 0.1) is 0 Å². The number of fused-ring (bicyclic) bond motifs is 1. The van der Waals surface area contributed by atoms with Gasteiger partial charge in [-0.05, 0) is 79.1 Å². The van der Waals surface area contributed by atoms with Gasteiger partial charge in [-0.2, -0.15) is 13.5 Å². The van der Waals surface area contributed by atoms with E-state index in [9.17, 15) is 0 Å². The molecule has 1 aliphatic rings. The largest absolute Gasteiger partial charge is 0.323 e. The number of rotatable bonds is 2. The van der Waals surface area contributed by atoms with Gasteiger partial charge in [0.25, 0.3) is 18.5 Å². The minimum absolute atomic E-state index is 0.734. The fourth-order valence-corrected chi connectivity index (χ4v) is 19.1. The van der Waals surface area contributed by atoms with E-state index in [1.54, 1.807) is 0 Å². The van der Waals surface area contributed by atoms with E-state index in [0.29, 0.717) is 0 Å². The second-order valence-corrected chi connectivity index (χ2v) is 17.7. The fourth-order valence-electron chi connectivity index (χ4n) is 1.94. The molecular weight excluding hydrogens is 446 g/mol. The summed E-state index contributed by atoms with van der Waals surface area (Å²) in [4.78, 5) is 0.